The maximum absolute atomic E-state index is 13.2. The van der Waals surface area contributed by atoms with Gasteiger partial charge in [-0.2, -0.15) is 0 Å². The number of halogens is 2. The number of hydrogen-bond acceptors (Lipinski definition) is 4. The first-order chi connectivity index (χ1) is 13.0. The summed E-state index contributed by atoms with van der Waals surface area (Å²) in [5.74, 6) is -1.33. The van der Waals surface area contributed by atoms with Crippen molar-refractivity contribution in [1.82, 2.24) is 0 Å². The molecule has 0 saturated heterocycles. The number of amides is 1. The molecule has 0 aliphatic heterocycles. The molecule has 5 nitrogen and oxygen atoms in total. The quantitative estimate of drug-likeness (QED) is 0.570. The molecule has 0 aliphatic rings. The van der Waals surface area contributed by atoms with Crippen LogP contribution in [0.1, 0.15) is 32.0 Å². The Morgan fingerprint density at radius 1 is 1.19 bits per heavy atom. The van der Waals surface area contributed by atoms with Gasteiger partial charge in [-0.15, -0.1) is 0 Å². The molecule has 7 heteroatoms. The van der Waals surface area contributed by atoms with Crippen molar-refractivity contribution in [3.05, 3.63) is 87.5 Å². The van der Waals surface area contributed by atoms with Gasteiger partial charge in [-0.3, -0.25) is 4.79 Å². The number of para-hydroxylation sites is 1. The van der Waals surface area contributed by atoms with E-state index in [1.807, 2.05) is 0 Å². The average molecular weight is 432 g/mol. The van der Waals surface area contributed by atoms with Gasteiger partial charge in [-0.05, 0) is 42.8 Å². The fourth-order valence-electron chi connectivity index (χ4n) is 2.45. The molecule has 0 unspecified atom stereocenters. The molecule has 0 radical (unpaired) electrons. The van der Waals surface area contributed by atoms with Gasteiger partial charge in [0.25, 0.3) is 5.91 Å². The number of ether oxygens (including phenoxy) is 1. The van der Waals surface area contributed by atoms with Gasteiger partial charge in [0.15, 0.2) is 5.76 Å². The molecule has 3 aromatic rings. The van der Waals surface area contributed by atoms with E-state index in [1.54, 1.807) is 31.2 Å². The summed E-state index contributed by atoms with van der Waals surface area (Å²) >= 11 is 3.24. The number of furan rings is 1. The highest BCUT2D eigenvalue weighted by Gasteiger charge is 2.19. The lowest BCUT2D eigenvalue weighted by molar-refractivity contribution is 0.0473. The molecule has 27 heavy (non-hydrogen) atoms. The second-order valence-corrected chi connectivity index (χ2v) is 6.60. The predicted octanol–water partition coefficient (Wildman–Crippen LogP) is 5.10. The van der Waals surface area contributed by atoms with Crippen LogP contribution >= 0.6 is 15.9 Å². The van der Waals surface area contributed by atoms with Gasteiger partial charge in [0.05, 0.1) is 17.5 Å². The number of esters is 1. The number of carbonyl (C=O) groups is 2. The Hall–Kier alpha value is -2.93. The van der Waals surface area contributed by atoms with Crippen LogP contribution < -0.4 is 5.32 Å². The van der Waals surface area contributed by atoms with Gasteiger partial charge in [0, 0.05) is 10.0 Å². The van der Waals surface area contributed by atoms with Crippen molar-refractivity contribution in [1.29, 1.82) is 0 Å². The maximum atomic E-state index is 13.2. The van der Waals surface area contributed by atoms with Crippen LogP contribution in [0.25, 0.3) is 0 Å². The summed E-state index contributed by atoms with van der Waals surface area (Å²) < 4.78 is 24.1. The van der Waals surface area contributed by atoms with Crippen molar-refractivity contribution in [3.8, 4) is 0 Å². The summed E-state index contributed by atoms with van der Waals surface area (Å²) in [6, 6.07) is 12.3. The van der Waals surface area contributed by atoms with Crippen LogP contribution in [0.5, 0.6) is 0 Å². The van der Waals surface area contributed by atoms with Gasteiger partial charge in [-0.25, -0.2) is 9.18 Å². The third kappa shape index (κ3) is 4.43. The van der Waals surface area contributed by atoms with E-state index in [0.717, 1.165) is 0 Å². The second-order valence-electron chi connectivity index (χ2n) is 5.74. The summed E-state index contributed by atoms with van der Waals surface area (Å²) in [4.78, 5) is 24.8. The highest BCUT2D eigenvalue weighted by Crippen LogP contribution is 2.24. The van der Waals surface area contributed by atoms with E-state index in [4.69, 9.17) is 9.15 Å². The van der Waals surface area contributed by atoms with Crippen LogP contribution in [0.15, 0.2) is 63.7 Å². The number of rotatable bonds is 5. The molecular formula is C20H15BrFNO4. The Balaban J connectivity index is 1.78. The number of anilines is 1. The van der Waals surface area contributed by atoms with Crippen molar-refractivity contribution in [2.45, 2.75) is 13.5 Å². The molecule has 0 aliphatic carbocycles. The van der Waals surface area contributed by atoms with Gasteiger partial charge >= 0.3 is 5.97 Å². The second kappa shape index (κ2) is 8.18. The van der Waals surface area contributed by atoms with Crippen LogP contribution in [0.2, 0.25) is 0 Å². The first-order valence-corrected chi connectivity index (χ1v) is 8.80. The molecule has 1 N–H and O–H groups in total. The van der Waals surface area contributed by atoms with Gasteiger partial charge < -0.3 is 14.5 Å². The molecule has 1 amide bonds. The Morgan fingerprint density at radius 2 is 2.00 bits per heavy atom. The summed E-state index contributed by atoms with van der Waals surface area (Å²) in [7, 11) is 0. The molecule has 138 valence electrons. The third-order valence-corrected chi connectivity index (χ3v) is 4.59. The topological polar surface area (TPSA) is 68.5 Å². The molecule has 2 aromatic carbocycles. The zero-order valence-corrected chi connectivity index (χ0v) is 15.9. The molecule has 0 bridgehead atoms. The van der Waals surface area contributed by atoms with Crippen LogP contribution in [-0.2, 0) is 11.3 Å². The minimum Gasteiger partial charge on any atom is -0.459 e. The van der Waals surface area contributed by atoms with E-state index in [0.29, 0.717) is 21.3 Å². The fraction of sp³-hybridized carbons (Fsp3) is 0.100. The first-order valence-electron chi connectivity index (χ1n) is 8.01. The number of carbonyl (C=O) groups excluding carboxylic acids is 2. The largest absolute Gasteiger partial charge is 0.459 e. The summed E-state index contributed by atoms with van der Waals surface area (Å²) in [5.41, 5.74) is 1.89. The number of benzene rings is 2. The van der Waals surface area contributed by atoms with E-state index in [-0.39, 0.29) is 17.9 Å². The molecule has 0 spiro atoms. The van der Waals surface area contributed by atoms with E-state index >= 15 is 0 Å². The van der Waals surface area contributed by atoms with E-state index in [9.17, 15) is 14.0 Å². The van der Waals surface area contributed by atoms with Crippen LogP contribution in [-0.4, -0.2) is 11.9 Å². The van der Waals surface area contributed by atoms with Crippen molar-refractivity contribution in [3.63, 3.8) is 0 Å². The third-order valence-electron chi connectivity index (χ3n) is 3.85. The Kier molecular flexibility index (Phi) is 5.71. The van der Waals surface area contributed by atoms with E-state index in [2.05, 4.69) is 21.2 Å². The minimum atomic E-state index is -0.607. The Labute approximate surface area is 163 Å². The first kappa shape index (κ1) is 18.8. The molecule has 0 saturated carbocycles. The Bertz CT molecular complexity index is 986. The lowest BCUT2D eigenvalue weighted by atomic mass is 10.1. The zero-order chi connectivity index (χ0) is 19.4. The number of nitrogens with one attached hydrogen (secondary N) is 1. The smallest absolute Gasteiger partial charge is 0.340 e. The van der Waals surface area contributed by atoms with Crippen molar-refractivity contribution >= 4 is 33.5 Å². The fourth-order valence-corrected chi connectivity index (χ4v) is 2.91. The van der Waals surface area contributed by atoms with Gasteiger partial charge in [0.2, 0.25) is 0 Å². The van der Waals surface area contributed by atoms with Gasteiger partial charge in [0.1, 0.15) is 12.4 Å². The van der Waals surface area contributed by atoms with E-state index < -0.39 is 17.7 Å². The SMILES string of the molecule is Cc1cccc(C(=O)OCc2ccc(F)cc2Br)c1NC(=O)c1ccco1. The predicted molar refractivity (Wildman–Crippen MR) is 101 cm³/mol. The van der Waals surface area contributed by atoms with Crippen molar-refractivity contribution in [2.75, 3.05) is 5.32 Å². The standard InChI is InChI=1S/C20H15BrFNO4/c1-12-4-2-5-15(18(12)23-19(24)17-6-3-9-26-17)20(25)27-11-13-7-8-14(22)10-16(13)21/h2-10H,11H2,1H3,(H,23,24). The number of hydrogen-bond donors (Lipinski definition) is 1. The molecule has 1 heterocycles. The highest BCUT2D eigenvalue weighted by molar-refractivity contribution is 9.10. The lowest BCUT2D eigenvalue weighted by Crippen LogP contribution is -2.16. The van der Waals surface area contributed by atoms with Gasteiger partial charge in [-0.1, -0.05) is 34.1 Å². The minimum absolute atomic E-state index is 0.0425. The molecule has 0 atom stereocenters. The molecule has 3 rings (SSSR count). The molecule has 1 aromatic heterocycles. The summed E-state index contributed by atoms with van der Waals surface area (Å²) in [6.45, 7) is 1.73. The van der Waals surface area contributed by atoms with Crippen LogP contribution in [0.3, 0.4) is 0 Å². The molecule has 0 fully saturated rings. The summed E-state index contributed by atoms with van der Waals surface area (Å²) in [6.07, 6.45) is 1.39. The monoisotopic (exact) mass is 431 g/mol. The zero-order valence-electron chi connectivity index (χ0n) is 14.3. The lowest BCUT2D eigenvalue weighted by Gasteiger charge is -2.13. The average Bonchev–Trinajstić information content (AvgIpc) is 3.17. The van der Waals surface area contributed by atoms with Crippen molar-refractivity contribution < 1.29 is 23.1 Å². The number of aryl methyl sites for hydroxylation is 1. The summed E-state index contributed by atoms with van der Waals surface area (Å²) in [5, 5.41) is 2.69. The Morgan fingerprint density at radius 3 is 2.70 bits per heavy atom. The highest BCUT2D eigenvalue weighted by atomic mass is 79.9. The van der Waals surface area contributed by atoms with Crippen LogP contribution in [0.4, 0.5) is 10.1 Å². The normalized spacial score (nSPS) is 10.5. The van der Waals surface area contributed by atoms with Crippen LogP contribution in [0, 0.1) is 12.7 Å². The van der Waals surface area contributed by atoms with Crippen molar-refractivity contribution in [2.24, 2.45) is 0 Å². The molecular weight excluding hydrogens is 417 g/mol. The van der Waals surface area contributed by atoms with E-state index in [1.165, 1.54) is 30.5 Å². The maximum Gasteiger partial charge on any atom is 0.340 e.